The highest BCUT2D eigenvalue weighted by Crippen LogP contribution is 2.41. The Hall–Kier alpha value is -2.36. The van der Waals surface area contributed by atoms with Gasteiger partial charge < -0.3 is 9.52 Å². The Morgan fingerprint density at radius 1 is 1.12 bits per heavy atom. The zero-order valence-corrected chi connectivity index (χ0v) is 15.2. The van der Waals surface area contributed by atoms with Gasteiger partial charge in [0.05, 0.1) is 11.8 Å². The molecule has 0 saturated heterocycles. The zero-order valence-electron chi connectivity index (χ0n) is 15.2. The first-order chi connectivity index (χ1) is 11.9. The second-order valence-corrected chi connectivity index (χ2v) is 6.98. The Balaban J connectivity index is 2.08. The Labute approximate surface area is 147 Å². The number of ketones is 2. The predicted molar refractivity (Wildman–Crippen MR) is 97.0 cm³/mol. The lowest BCUT2D eigenvalue weighted by atomic mass is 9.76. The maximum absolute atomic E-state index is 12.6. The van der Waals surface area contributed by atoms with Gasteiger partial charge in [-0.1, -0.05) is 6.92 Å². The number of aryl methyl sites for hydroxylation is 1. The van der Waals surface area contributed by atoms with E-state index in [9.17, 15) is 14.7 Å². The fourth-order valence-corrected chi connectivity index (χ4v) is 3.93. The van der Waals surface area contributed by atoms with E-state index in [0.717, 1.165) is 22.1 Å². The van der Waals surface area contributed by atoms with Gasteiger partial charge in [-0.15, -0.1) is 0 Å². The van der Waals surface area contributed by atoms with E-state index < -0.39 is 0 Å². The third kappa shape index (κ3) is 2.80. The van der Waals surface area contributed by atoms with E-state index in [2.05, 4.69) is 13.8 Å². The molecule has 1 N–H and O–H groups in total. The summed E-state index contributed by atoms with van der Waals surface area (Å²) in [6.45, 7) is 8.05. The average Bonchev–Trinajstić information content (AvgIpc) is 3.02. The quantitative estimate of drug-likeness (QED) is 0.486. The maximum Gasteiger partial charge on any atom is 0.170 e. The zero-order chi connectivity index (χ0) is 18.3. The molecule has 1 aromatic heterocycles. The molecule has 25 heavy (non-hydrogen) atoms. The number of Topliss-reactive ketones (excluding diaryl/α,β-unsaturated/α-hetero) is 2. The van der Waals surface area contributed by atoms with E-state index in [1.165, 1.54) is 11.1 Å². The summed E-state index contributed by atoms with van der Waals surface area (Å²) in [5, 5.41) is 11.1. The topological polar surface area (TPSA) is 67.5 Å². The molecule has 0 aliphatic heterocycles. The van der Waals surface area contributed by atoms with Gasteiger partial charge in [-0.25, -0.2) is 0 Å². The van der Waals surface area contributed by atoms with Crippen LogP contribution in [0.3, 0.4) is 0 Å². The minimum Gasteiger partial charge on any atom is -0.511 e. The molecule has 0 bridgehead atoms. The summed E-state index contributed by atoms with van der Waals surface area (Å²) in [6, 6.07) is 1.94. The normalized spacial score (nSPS) is 18.2. The lowest BCUT2D eigenvalue weighted by Gasteiger charge is -2.25. The number of aliphatic hydroxyl groups is 1. The van der Waals surface area contributed by atoms with Crippen molar-refractivity contribution in [2.45, 2.75) is 59.3 Å². The van der Waals surface area contributed by atoms with Crippen molar-refractivity contribution >= 4 is 22.5 Å². The predicted octanol–water partition coefficient (Wildman–Crippen LogP) is 4.99. The van der Waals surface area contributed by atoms with Crippen LogP contribution in [0.2, 0.25) is 0 Å². The highest BCUT2D eigenvalue weighted by Gasteiger charge is 2.36. The molecule has 3 rings (SSSR count). The number of rotatable bonds is 3. The van der Waals surface area contributed by atoms with E-state index in [-0.39, 0.29) is 41.7 Å². The van der Waals surface area contributed by atoms with Crippen molar-refractivity contribution in [2.24, 2.45) is 0 Å². The minimum atomic E-state index is -0.260. The highest BCUT2D eigenvalue weighted by atomic mass is 16.3. The molecule has 132 valence electrons. The van der Waals surface area contributed by atoms with Gasteiger partial charge in [-0.05, 0) is 49.9 Å². The number of hydrogen-bond acceptors (Lipinski definition) is 4. The van der Waals surface area contributed by atoms with Gasteiger partial charge in [-0.2, -0.15) is 0 Å². The van der Waals surface area contributed by atoms with Gasteiger partial charge in [0, 0.05) is 36.1 Å². The number of carbonyl (C=O) groups is 2. The van der Waals surface area contributed by atoms with Gasteiger partial charge in [0.2, 0.25) is 0 Å². The van der Waals surface area contributed by atoms with E-state index in [4.69, 9.17) is 4.42 Å². The number of fused-ring (bicyclic) bond motifs is 1. The van der Waals surface area contributed by atoms with Crippen LogP contribution in [0.4, 0.5) is 0 Å². The molecule has 1 aromatic carbocycles. The van der Waals surface area contributed by atoms with E-state index in [1.807, 2.05) is 19.9 Å². The molecule has 0 atom stereocenters. The number of hydrogen-bond donors (Lipinski definition) is 1. The van der Waals surface area contributed by atoms with Crippen molar-refractivity contribution < 1.29 is 19.1 Å². The summed E-state index contributed by atoms with van der Waals surface area (Å²) < 4.78 is 5.72. The number of allylic oxidation sites excluding steroid dienone is 2. The molecule has 0 spiro atoms. The molecule has 1 aliphatic rings. The molecule has 1 aliphatic carbocycles. The second-order valence-electron chi connectivity index (χ2n) is 6.98. The largest absolute Gasteiger partial charge is 0.511 e. The molecule has 1 fully saturated rings. The lowest BCUT2D eigenvalue weighted by Crippen LogP contribution is -2.27. The summed E-state index contributed by atoms with van der Waals surface area (Å²) >= 11 is 0. The van der Waals surface area contributed by atoms with Crippen LogP contribution in [0.1, 0.15) is 60.8 Å². The Kier molecular flexibility index (Phi) is 4.55. The number of furan rings is 1. The fraction of sp³-hybridized carbons (Fsp3) is 0.429. The molecule has 2 aromatic rings. The van der Waals surface area contributed by atoms with Gasteiger partial charge in [-0.3, -0.25) is 9.59 Å². The number of aliphatic hydroxyl groups excluding tert-OH is 1. The van der Waals surface area contributed by atoms with Gasteiger partial charge in [0.1, 0.15) is 11.3 Å². The third-order valence-electron chi connectivity index (χ3n) is 5.45. The van der Waals surface area contributed by atoms with Crippen LogP contribution in [0.15, 0.2) is 28.1 Å². The Bertz CT molecular complexity index is 878. The fourth-order valence-electron chi connectivity index (χ4n) is 3.93. The monoisotopic (exact) mass is 340 g/mol. The lowest BCUT2D eigenvalue weighted by molar-refractivity contribution is -0.124. The van der Waals surface area contributed by atoms with Crippen LogP contribution in [0, 0.1) is 20.8 Å². The molecule has 0 amide bonds. The average molecular weight is 340 g/mol. The van der Waals surface area contributed by atoms with Crippen molar-refractivity contribution in [3.8, 4) is 0 Å². The van der Waals surface area contributed by atoms with Gasteiger partial charge in [0.25, 0.3) is 0 Å². The molecule has 1 saturated carbocycles. The van der Waals surface area contributed by atoms with Crippen molar-refractivity contribution in [1.82, 2.24) is 0 Å². The highest BCUT2D eigenvalue weighted by molar-refractivity contribution is 6.22. The standard InChI is InChI=1S/C21H24O4/c1-5-6-16(22)20-17(23)9-14(10-18(20)24)19-13(4)11(2)12(3)15-7-8-25-21(15)19/h7-8,14,22H,5-6,9-10H2,1-4H3. The van der Waals surface area contributed by atoms with E-state index in [1.54, 1.807) is 6.26 Å². The van der Waals surface area contributed by atoms with Crippen molar-refractivity contribution in [1.29, 1.82) is 0 Å². The van der Waals surface area contributed by atoms with Crippen LogP contribution in [0.5, 0.6) is 0 Å². The molecular formula is C21H24O4. The first kappa shape index (κ1) is 17.5. The van der Waals surface area contributed by atoms with Gasteiger partial charge in [0.15, 0.2) is 11.6 Å². The molecular weight excluding hydrogens is 316 g/mol. The number of carbonyl (C=O) groups excluding carboxylic acids is 2. The molecule has 4 nitrogen and oxygen atoms in total. The van der Waals surface area contributed by atoms with Crippen LogP contribution in [-0.2, 0) is 9.59 Å². The second kappa shape index (κ2) is 6.51. The van der Waals surface area contributed by atoms with Crippen molar-refractivity contribution in [2.75, 3.05) is 0 Å². The Morgan fingerprint density at radius 2 is 1.76 bits per heavy atom. The summed E-state index contributed by atoms with van der Waals surface area (Å²) in [6.07, 6.45) is 3.18. The third-order valence-corrected chi connectivity index (χ3v) is 5.45. The first-order valence-corrected chi connectivity index (χ1v) is 8.82. The maximum atomic E-state index is 12.6. The molecule has 4 heteroatoms. The minimum absolute atomic E-state index is 0.00951. The number of benzene rings is 1. The summed E-state index contributed by atoms with van der Waals surface area (Å²) in [5.41, 5.74) is 5.15. The summed E-state index contributed by atoms with van der Waals surface area (Å²) in [7, 11) is 0. The first-order valence-electron chi connectivity index (χ1n) is 8.82. The SMILES string of the molecule is CCCC(O)=C1C(=O)CC(c2c(C)c(C)c(C)c3ccoc23)CC1=O. The van der Waals surface area contributed by atoms with E-state index >= 15 is 0 Å². The van der Waals surface area contributed by atoms with Gasteiger partial charge >= 0.3 is 0 Å². The molecule has 0 radical (unpaired) electrons. The van der Waals surface area contributed by atoms with Crippen LogP contribution in [-0.4, -0.2) is 16.7 Å². The summed E-state index contributed by atoms with van der Waals surface area (Å²) in [5.74, 6) is -0.781. The molecule has 1 heterocycles. The molecule has 0 unspecified atom stereocenters. The van der Waals surface area contributed by atoms with Crippen LogP contribution >= 0.6 is 0 Å². The van der Waals surface area contributed by atoms with Crippen molar-refractivity contribution in [3.63, 3.8) is 0 Å². The smallest absolute Gasteiger partial charge is 0.170 e. The van der Waals surface area contributed by atoms with Crippen LogP contribution in [0.25, 0.3) is 11.0 Å². The van der Waals surface area contributed by atoms with Crippen molar-refractivity contribution in [3.05, 3.63) is 45.9 Å². The van der Waals surface area contributed by atoms with Crippen LogP contribution < -0.4 is 0 Å². The summed E-state index contributed by atoms with van der Waals surface area (Å²) in [4.78, 5) is 25.1. The Morgan fingerprint density at radius 3 is 2.36 bits per heavy atom. The van der Waals surface area contributed by atoms with E-state index in [0.29, 0.717) is 12.8 Å².